The Morgan fingerprint density at radius 2 is 1.16 bits per heavy atom. The molecular weight excluding hydrogens is 304 g/mol. The molecule has 0 saturated heterocycles. The summed E-state index contributed by atoms with van der Waals surface area (Å²) < 4.78 is 0. The van der Waals surface area contributed by atoms with Crippen LogP contribution in [0.2, 0.25) is 0 Å². The highest BCUT2D eigenvalue weighted by atomic mass is 16.3. The Morgan fingerprint density at radius 3 is 1.64 bits per heavy atom. The molecule has 0 aromatic heterocycles. The maximum absolute atomic E-state index is 9.71. The first-order valence-electron chi connectivity index (χ1n) is 11.9. The molecule has 0 aromatic rings. The van der Waals surface area contributed by atoms with Gasteiger partial charge in [-0.15, -0.1) is 0 Å². The molecule has 1 rings (SSSR count). The number of aliphatic hydroxyl groups excluding tert-OH is 1. The van der Waals surface area contributed by atoms with E-state index in [2.05, 4.69) is 13.8 Å². The van der Waals surface area contributed by atoms with Gasteiger partial charge in [0.05, 0.1) is 6.10 Å². The lowest BCUT2D eigenvalue weighted by Crippen LogP contribution is -2.19. The van der Waals surface area contributed by atoms with Gasteiger partial charge in [-0.3, -0.25) is 0 Å². The quantitative estimate of drug-likeness (QED) is 0.279. The molecule has 150 valence electrons. The van der Waals surface area contributed by atoms with Gasteiger partial charge in [-0.05, 0) is 24.7 Å². The predicted molar refractivity (Wildman–Crippen MR) is 112 cm³/mol. The van der Waals surface area contributed by atoms with E-state index in [1.54, 1.807) is 0 Å². The molecule has 1 fully saturated rings. The van der Waals surface area contributed by atoms with Crippen LogP contribution in [0, 0.1) is 11.8 Å². The lowest BCUT2D eigenvalue weighted by Gasteiger charge is -2.25. The summed E-state index contributed by atoms with van der Waals surface area (Å²) in [6.07, 6.45) is 26.4. The van der Waals surface area contributed by atoms with E-state index in [0.29, 0.717) is 0 Å². The van der Waals surface area contributed by atoms with Crippen LogP contribution < -0.4 is 0 Å². The molecule has 1 N–H and O–H groups in total. The van der Waals surface area contributed by atoms with E-state index in [0.717, 1.165) is 24.7 Å². The topological polar surface area (TPSA) is 20.2 Å². The van der Waals surface area contributed by atoms with Crippen LogP contribution in [-0.2, 0) is 0 Å². The van der Waals surface area contributed by atoms with Crippen LogP contribution in [-0.4, -0.2) is 11.2 Å². The van der Waals surface area contributed by atoms with Gasteiger partial charge < -0.3 is 5.11 Å². The largest absolute Gasteiger partial charge is 0.393 e. The fourth-order valence-corrected chi connectivity index (χ4v) is 4.45. The molecule has 1 nitrogen and oxygen atoms in total. The van der Waals surface area contributed by atoms with Gasteiger partial charge in [-0.1, -0.05) is 123 Å². The molecule has 1 aliphatic carbocycles. The third-order valence-electron chi connectivity index (χ3n) is 6.15. The van der Waals surface area contributed by atoms with Gasteiger partial charge in [0.1, 0.15) is 0 Å². The molecule has 0 bridgehead atoms. The van der Waals surface area contributed by atoms with E-state index in [9.17, 15) is 5.11 Å². The van der Waals surface area contributed by atoms with Crippen LogP contribution in [0.15, 0.2) is 0 Å². The third-order valence-corrected chi connectivity index (χ3v) is 6.15. The van der Waals surface area contributed by atoms with Crippen molar-refractivity contribution in [1.82, 2.24) is 0 Å². The maximum atomic E-state index is 9.71. The van der Waals surface area contributed by atoms with Gasteiger partial charge in [-0.25, -0.2) is 0 Å². The monoisotopic (exact) mass is 352 g/mol. The fraction of sp³-hybridized carbons (Fsp3) is 1.00. The summed E-state index contributed by atoms with van der Waals surface area (Å²) in [5.41, 5.74) is 0. The van der Waals surface area contributed by atoms with Crippen molar-refractivity contribution in [3.05, 3.63) is 0 Å². The van der Waals surface area contributed by atoms with Gasteiger partial charge in [0.2, 0.25) is 0 Å². The summed E-state index contributed by atoms with van der Waals surface area (Å²) in [6.45, 7) is 4.67. The summed E-state index contributed by atoms with van der Waals surface area (Å²) in [5, 5.41) is 9.71. The first-order valence-corrected chi connectivity index (χ1v) is 11.9. The zero-order valence-electron chi connectivity index (χ0n) is 17.6. The Labute approximate surface area is 159 Å². The van der Waals surface area contributed by atoms with E-state index in [-0.39, 0.29) is 6.10 Å². The smallest absolute Gasteiger partial charge is 0.0542 e. The van der Waals surface area contributed by atoms with Crippen molar-refractivity contribution in [2.75, 3.05) is 0 Å². The van der Waals surface area contributed by atoms with E-state index >= 15 is 0 Å². The van der Waals surface area contributed by atoms with Crippen LogP contribution in [0.3, 0.4) is 0 Å². The molecule has 0 amide bonds. The highest BCUT2D eigenvalue weighted by molar-refractivity contribution is 4.72. The number of rotatable bonds is 16. The summed E-state index contributed by atoms with van der Waals surface area (Å²) in [6, 6.07) is 0. The Bertz CT molecular complexity index is 273. The van der Waals surface area contributed by atoms with E-state index in [1.165, 1.54) is 109 Å². The van der Waals surface area contributed by atoms with Crippen molar-refractivity contribution in [3.8, 4) is 0 Å². The van der Waals surface area contributed by atoms with Crippen LogP contribution in [0.1, 0.15) is 136 Å². The van der Waals surface area contributed by atoms with Crippen molar-refractivity contribution < 1.29 is 5.11 Å². The van der Waals surface area contributed by atoms with Gasteiger partial charge in [0, 0.05) is 0 Å². The van der Waals surface area contributed by atoms with Crippen molar-refractivity contribution in [2.24, 2.45) is 11.8 Å². The first-order chi connectivity index (χ1) is 12.2. The first kappa shape index (κ1) is 23.0. The molecular formula is C24H48O. The molecule has 0 spiro atoms. The molecule has 0 radical (unpaired) electrons. The molecule has 0 aromatic carbocycles. The highest BCUT2D eigenvalue weighted by Crippen LogP contribution is 2.28. The summed E-state index contributed by atoms with van der Waals surface area (Å²) in [4.78, 5) is 0. The number of hydrogen-bond donors (Lipinski definition) is 1. The molecule has 1 saturated carbocycles. The highest BCUT2D eigenvalue weighted by Gasteiger charge is 2.19. The standard InChI is InChI=1S/C24H48O/c1-22(2)17-14-12-10-8-6-4-3-5-7-9-11-13-15-18-23-19-16-20-24(25)21-23/h22-25H,3-21H2,1-2H3. The van der Waals surface area contributed by atoms with Crippen molar-refractivity contribution in [2.45, 2.75) is 142 Å². The number of aliphatic hydroxyl groups is 1. The second-order valence-electron chi connectivity index (χ2n) is 9.25. The molecule has 0 heterocycles. The Kier molecular flexibility index (Phi) is 14.9. The second kappa shape index (κ2) is 16.2. The predicted octanol–water partition coefficient (Wildman–Crippen LogP) is 8.05. The van der Waals surface area contributed by atoms with Gasteiger partial charge in [0.15, 0.2) is 0 Å². The van der Waals surface area contributed by atoms with Crippen molar-refractivity contribution >= 4 is 0 Å². The zero-order chi connectivity index (χ0) is 18.2. The van der Waals surface area contributed by atoms with Crippen molar-refractivity contribution in [1.29, 1.82) is 0 Å². The van der Waals surface area contributed by atoms with E-state index in [4.69, 9.17) is 0 Å². The summed E-state index contributed by atoms with van der Waals surface area (Å²) in [5.74, 6) is 1.72. The lowest BCUT2D eigenvalue weighted by molar-refractivity contribution is 0.0973. The Hall–Kier alpha value is -0.0400. The Balaban J connectivity index is 1.70. The zero-order valence-corrected chi connectivity index (χ0v) is 17.6. The average Bonchev–Trinajstić information content (AvgIpc) is 2.58. The second-order valence-corrected chi connectivity index (χ2v) is 9.25. The molecule has 0 aliphatic heterocycles. The minimum absolute atomic E-state index is 0.0128. The molecule has 1 heteroatoms. The fourth-order valence-electron chi connectivity index (χ4n) is 4.45. The van der Waals surface area contributed by atoms with Crippen LogP contribution in [0.5, 0.6) is 0 Å². The van der Waals surface area contributed by atoms with Gasteiger partial charge >= 0.3 is 0 Å². The molecule has 1 aliphatic rings. The summed E-state index contributed by atoms with van der Waals surface area (Å²) in [7, 11) is 0. The minimum Gasteiger partial charge on any atom is -0.393 e. The molecule has 2 atom stereocenters. The maximum Gasteiger partial charge on any atom is 0.0542 e. The van der Waals surface area contributed by atoms with E-state index in [1.807, 2.05) is 0 Å². The minimum atomic E-state index is 0.0128. The van der Waals surface area contributed by atoms with Gasteiger partial charge in [0.25, 0.3) is 0 Å². The molecule has 25 heavy (non-hydrogen) atoms. The van der Waals surface area contributed by atoms with Crippen molar-refractivity contribution in [3.63, 3.8) is 0 Å². The Morgan fingerprint density at radius 1 is 0.680 bits per heavy atom. The average molecular weight is 353 g/mol. The van der Waals surface area contributed by atoms with Gasteiger partial charge in [-0.2, -0.15) is 0 Å². The van der Waals surface area contributed by atoms with E-state index < -0.39 is 0 Å². The SMILES string of the molecule is CC(C)CCCCCCCCCCCCCCCC1CCCC(O)C1. The van der Waals surface area contributed by atoms with Crippen LogP contribution in [0.25, 0.3) is 0 Å². The third kappa shape index (κ3) is 14.8. The number of hydrogen-bond acceptors (Lipinski definition) is 1. The lowest BCUT2D eigenvalue weighted by atomic mass is 9.84. The van der Waals surface area contributed by atoms with Crippen LogP contribution in [0.4, 0.5) is 0 Å². The summed E-state index contributed by atoms with van der Waals surface area (Å²) >= 11 is 0. The number of unbranched alkanes of at least 4 members (excludes halogenated alkanes) is 12. The van der Waals surface area contributed by atoms with Crippen LogP contribution >= 0.6 is 0 Å². The normalized spacial score (nSPS) is 21.1. The molecule has 2 unspecified atom stereocenters.